The molecule has 0 spiro atoms. The minimum Gasteiger partial charge on any atom is -0.479 e. The Morgan fingerprint density at radius 3 is 2.75 bits per heavy atom. The first-order chi connectivity index (χ1) is 11.5. The smallest absolute Gasteiger partial charge is 0.265 e. The number of thioether (sulfide) groups is 1. The van der Waals surface area contributed by atoms with Gasteiger partial charge < -0.3 is 15.4 Å². The number of fused-ring (bicyclic) bond motifs is 1. The summed E-state index contributed by atoms with van der Waals surface area (Å²) < 4.78 is 5.50. The van der Waals surface area contributed by atoms with E-state index in [9.17, 15) is 9.59 Å². The Morgan fingerprint density at radius 2 is 2.00 bits per heavy atom. The van der Waals surface area contributed by atoms with Crippen LogP contribution in [0.4, 0.5) is 11.4 Å². The number of rotatable bonds is 4. The number of hydrogen-bond donors (Lipinski definition) is 2. The van der Waals surface area contributed by atoms with Gasteiger partial charge in [0.2, 0.25) is 5.91 Å². The van der Waals surface area contributed by atoms with Gasteiger partial charge >= 0.3 is 0 Å². The van der Waals surface area contributed by atoms with Crippen molar-refractivity contribution in [1.82, 2.24) is 0 Å². The zero-order valence-corrected chi connectivity index (χ0v) is 14.2. The van der Waals surface area contributed by atoms with Gasteiger partial charge in [0.05, 0.1) is 10.9 Å². The van der Waals surface area contributed by atoms with Crippen LogP contribution in [0.1, 0.15) is 13.8 Å². The number of carbonyl (C=O) groups excluding carboxylic acids is 2. The summed E-state index contributed by atoms with van der Waals surface area (Å²) in [7, 11) is 0. The molecule has 124 valence electrons. The van der Waals surface area contributed by atoms with Crippen LogP contribution in [0.3, 0.4) is 0 Å². The van der Waals surface area contributed by atoms with Crippen molar-refractivity contribution in [3.63, 3.8) is 0 Å². The first-order valence-corrected chi connectivity index (χ1v) is 8.55. The lowest BCUT2D eigenvalue weighted by Gasteiger charge is -2.23. The van der Waals surface area contributed by atoms with E-state index in [0.717, 1.165) is 4.90 Å². The van der Waals surface area contributed by atoms with Gasteiger partial charge in [-0.2, -0.15) is 0 Å². The highest BCUT2D eigenvalue weighted by atomic mass is 32.2. The third-order valence-electron chi connectivity index (χ3n) is 3.60. The topological polar surface area (TPSA) is 67.4 Å². The Hall–Kier alpha value is -2.47. The Morgan fingerprint density at radius 1 is 1.25 bits per heavy atom. The minimum atomic E-state index is -0.514. The predicted octanol–water partition coefficient (Wildman–Crippen LogP) is 3.53. The van der Waals surface area contributed by atoms with Gasteiger partial charge in [0.25, 0.3) is 5.91 Å². The Kier molecular flexibility index (Phi) is 4.76. The van der Waals surface area contributed by atoms with Crippen molar-refractivity contribution in [1.29, 1.82) is 0 Å². The molecule has 2 N–H and O–H groups in total. The summed E-state index contributed by atoms with van der Waals surface area (Å²) in [6.07, 6.45) is -0.514. The maximum atomic E-state index is 12.4. The molecule has 0 saturated carbocycles. The summed E-state index contributed by atoms with van der Waals surface area (Å²) in [5, 5.41) is 5.40. The molecule has 2 amide bonds. The van der Waals surface area contributed by atoms with Gasteiger partial charge in [0.1, 0.15) is 5.75 Å². The van der Waals surface area contributed by atoms with Crippen LogP contribution < -0.4 is 15.4 Å². The van der Waals surface area contributed by atoms with E-state index >= 15 is 0 Å². The van der Waals surface area contributed by atoms with Gasteiger partial charge in [-0.25, -0.2) is 0 Å². The van der Waals surface area contributed by atoms with Crippen molar-refractivity contribution in [2.24, 2.45) is 0 Å². The number of hydrogen-bond acceptors (Lipinski definition) is 4. The predicted molar refractivity (Wildman–Crippen MR) is 95.6 cm³/mol. The molecular weight excluding hydrogens is 324 g/mol. The molecule has 1 aliphatic rings. The number of benzene rings is 2. The lowest BCUT2D eigenvalue weighted by molar-refractivity contribution is -0.122. The van der Waals surface area contributed by atoms with E-state index in [1.54, 1.807) is 25.1 Å². The van der Waals surface area contributed by atoms with E-state index in [0.29, 0.717) is 17.1 Å². The molecule has 0 aliphatic carbocycles. The van der Waals surface area contributed by atoms with E-state index in [1.807, 2.05) is 37.3 Å². The lowest BCUT2D eigenvalue weighted by atomic mass is 10.2. The Labute approximate surface area is 144 Å². The highest BCUT2D eigenvalue weighted by Gasteiger charge is 2.24. The molecule has 1 heterocycles. The fourth-order valence-corrected chi connectivity index (χ4v) is 3.18. The van der Waals surface area contributed by atoms with Crippen LogP contribution in [0, 0.1) is 0 Å². The first kappa shape index (κ1) is 16.4. The second-order valence-electron chi connectivity index (χ2n) is 5.52. The quantitative estimate of drug-likeness (QED) is 0.834. The third-order valence-corrected chi connectivity index (χ3v) is 4.72. The van der Waals surface area contributed by atoms with Gasteiger partial charge in [-0.05, 0) is 44.2 Å². The molecule has 3 rings (SSSR count). The van der Waals surface area contributed by atoms with Gasteiger partial charge in [-0.3, -0.25) is 9.59 Å². The van der Waals surface area contributed by atoms with Crippen molar-refractivity contribution in [2.75, 3.05) is 10.6 Å². The minimum absolute atomic E-state index is 0.0970. The summed E-state index contributed by atoms with van der Waals surface area (Å²) in [6, 6.07) is 15.0. The third kappa shape index (κ3) is 3.71. The maximum absolute atomic E-state index is 12.4. The molecule has 24 heavy (non-hydrogen) atoms. The van der Waals surface area contributed by atoms with Crippen LogP contribution in [-0.4, -0.2) is 23.2 Å². The summed E-state index contributed by atoms with van der Waals surface area (Å²) >= 11 is 1.49. The molecule has 2 atom stereocenters. The molecule has 0 fully saturated rings. The molecular formula is C18H18N2O3S. The zero-order chi connectivity index (χ0) is 17.1. The molecule has 6 heteroatoms. The van der Waals surface area contributed by atoms with E-state index < -0.39 is 6.10 Å². The molecule has 0 saturated heterocycles. The molecule has 5 nitrogen and oxygen atoms in total. The summed E-state index contributed by atoms with van der Waals surface area (Å²) in [6.45, 7) is 3.55. The van der Waals surface area contributed by atoms with Crippen molar-refractivity contribution < 1.29 is 14.3 Å². The van der Waals surface area contributed by atoms with Crippen molar-refractivity contribution in [2.45, 2.75) is 30.1 Å². The molecule has 0 aromatic heterocycles. The van der Waals surface area contributed by atoms with Crippen LogP contribution in [0.15, 0.2) is 53.4 Å². The van der Waals surface area contributed by atoms with Crippen LogP contribution in [-0.2, 0) is 9.59 Å². The van der Waals surface area contributed by atoms with Crippen LogP contribution in [0.25, 0.3) is 0 Å². The summed E-state index contributed by atoms with van der Waals surface area (Å²) in [4.78, 5) is 25.1. The van der Waals surface area contributed by atoms with Gasteiger partial charge in [-0.1, -0.05) is 18.2 Å². The van der Waals surface area contributed by atoms with Crippen molar-refractivity contribution >= 4 is 35.0 Å². The highest BCUT2D eigenvalue weighted by molar-refractivity contribution is 8.00. The summed E-state index contributed by atoms with van der Waals surface area (Å²) in [5.41, 5.74) is 1.19. The number of carbonyl (C=O) groups is 2. The maximum Gasteiger partial charge on any atom is 0.265 e. The standard InChI is InChI=1S/C18H18N2O3S/c1-11-17(21)20-15-10-13(8-9-16(15)23-11)19-18(22)12(2)24-14-6-4-3-5-7-14/h3-12H,1-2H3,(H,19,22)(H,20,21)/t11-,12+/m0/s1. The number of nitrogens with one attached hydrogen (secondary N) is 2. The van der Waals surface area contributed by atoms with Crippen LogP contribution in [0.5, 0.6) is 5.75 Å². The van der Waals surface area contributed by atoms with E-state index in [2.05, 4.69) is 10.6 Å². The molecule has 0 radical (unpaired) electrons. The zero-order valence-electron chi connectivity index (χ0n) is 13.4. The van der Waals surface area contributed by atoms with E-state index in [4.69, 9.17) is 4.74 Å². The number of ether oxygens (including phenoxy) is 1. The number of anilines is 2. The van der Waals surface area contributed by atoms with E-state index in [1.165, 1.54) is 11.8 Å². The Balaban J connectivity index is 1.66. The van der Waals surface area contributed by atoms with Gasteiger partial charge in [0, 0.05) is 10.6 Å². The van der Waals surface area contributed by atoms with Gasteiger partial charge in [0.15, 0.2) is 6.10 Å². The van der Waals surface area contributed by atoms with Crippen molar-refractivity contribution in [3.05, 3.63) is 48.5 Å². The monoisotopic (exact) mass is 342 g/mol. The second-order valence-corrected chi connectivity index (χ2v) is 6.94. The molecule has 1 aliphatic heterocycles. The second kappa shape index (κ2) is 6.97. The molecule has 0 bridgehead atoms. The average molecular weight is 342 g/mol. The highest BCUT2D eigenvalue weighted by Crippen LogP contribution is 2.32. The SMILES string of the molecule is C[C@@H]1Oc2ccc(NC(=O)[C@@H](C)Sc3ccccc3)cc2NC1=O. The van der Waals surface area contributed by atoms with Crippen LogP contribution in [0.2, 0.25) is 0 Å². The molecule has 0 unspecified atom stereocenters. The molecule has 2 aromatic carbocycles. The van der Waals surface area contributed by atoms with Crippen LogP contribution >= 0.6 is 11.8 Å². The summed E-state index contributed by atoms with van der Waals surface area (Å²) in [5.74, 6) is 0.311. The number of amides is 2. The lowest BCUT2D eigenvalue weighted by Crippen LogP contribution is -2.34. The first-order valence-electron chi connectivity index (χ1n) is 7.67. The molecule has 2 aromatic rings. The fraction of sp³-hybridized carbons (Fsp3) is 0.222. The van der Waals surface area contributed by atoms with E-state index in [-0.39, 0.29) is 17.1 Å². The van der Waals surface area contributed by atoms with Crippen molar-refractivity contribution in [3.8, 4) is 5.75 Å². The average Bonchev–Trinajstić information content (AvgIpc) is 2.57. The largest absolute Gasteiger partial charge is 0.479 e. The Bertz CT molecular complexity index is 764. The van der Waals surface area contributed by atoms with Gasteiger partial charge in [-0.15, -0.1) is 11.8 Å². The fourth-order valence-electron chi connectivity index (χ4n) is 2.29. The normalized spacial score (nSPS) is 17.2.